The molecule has 0 aliphatic carbocycles. The normalized spacial score (nSPS) is 11.2. The molecule has 3 aromatic rings. The number of hydrogen-bond donors (Lipinski definition) is 2. The summed E-state index contributed by atoms with van der Waals surface area (Å²) < 4.78 is 12.3. The van der Waals surface area contributed by atoms with Gasteiger partial charge >= 0.3 is 12.2 Å². The molecule has 9 heteroatoms. The quantitative estimate of drug-likeness (QED) is 0.661. The maximum absolute atomic E-state index is 12.2. The minimum absolute atomic E-state index is 0.0309. The van der Waals surface area contributed by atoms with Crippen LogP contribution in [0.3, 0.4) is 0 Å². The van der Waals surface area contributed by atoms with Gasteiger partial charge in [-0.05, 0) is 45.0 Å². The van der Waals surface area contributed by atoms with Crippen molar-refractivity contribution in [3.8, 4) is 11.4 Å². The first kappa shape index (κ1) is 19.2. The molecule has 3 rings (SSSR count). The molecule has 0 spiro atoms. The number of nitrogens with one attached hydrogen (secondary N) is 1. The Balaban J connectivity index is 2.02. The molecule has 28 heavy (non-hydrogen) atoms. The molecule has 0 radical (unpaired) electrons. The lowest BCUT2D eigenvalue weighted by molar-refractivity contribution is 0.0209. The molecule has 0 aliphatic heterocycles. The summed E-state index contributed by atoms with van der Waals surface area (Å²) in [6, 6.07) is 8.65. The Hall–Kier alpha value is -3.62. The number of nitrogens with zero attached hydrogens (tertiary/aromatic N) is 3. The van der Waals surface area contributed by atoms with Crippen LogP contribution in [0.2, 0.25) is 0 Å². The van der Waals surface area contributed by atoms with Crippen LogP contribution in [0.5, 0.6) is 5.75 Å². The second kappa shape index (κ2) is 7.55. The van der Waals surface area contributed by atoms with E-state index in [4.69, 9.17) is 14.6 Å². The average molecular weight is 384 g/mol. The minimum Gasteiger partial charge on any atom is -0.465 e. The lowest BCUT2D eigenvalue weighted by Crippen LogP contribution is -2.26. The molecule has 0 fully saturated rings. The van der Waals surface area contributed by atoms with Crippen molar-refractivity contribution in [3.63, 3.8) is 0 Å². The van der Waals surface area contributed by atoms with E-state index in [-0.39, 0.29) is 12.3 Å². The number of carboxylic acid groups (broad SMARTS) is 1. The Morgan fingerprint density at radius 3 is 2.68 bits per heavy atom. The van der Waals surface area contributed by atoms with Crippen molar-refractivity contribution in [1.29, 1.82) is 0 Å². The number of amides is 1. The van der Waals surface area contributed by atoms with Crippen molar-refractivity contribution in [3.05, 3.63) is 48.4 Å². The Labute approximate surface area is 160 Å². The first-order valence-corrected chi connectivity index (χ1v) is 8.52. The van der Waals surface area contributed by atoms with E-state index in [1.54, 1.807) is 56.0 Å². The zero-order chi connectivity index (χ0) is 20.3. The van der Waals surface area contributed by atoms with Gasteiger partial charge < -0.3 is 19.9 Å². The molecule has 0 atom stereocenters. The highest BCUT2D eigenvalue weighted by atomic mass is 16.7. The van der Waals surface area contributed by atoms with Crippen LogP contribution in [-0.2, 0) is 11.3 Å². The summed E-state index contributed by atoms with van der Waals surface area (Å²) in [7, 11) is 0. The molecule has 1 amide bonds. The molecule has 0 unspecified atom stereocenters. The molecular formula is C19H20N4O5. The SMILES string of the molecule is CC(C)(C)OC(=O)Oc1cc(CNC(=O)O)nc2ccc(-n3cccn3)cc12. The zero-order valence-corrected chi connectivity index (χ0v) is 15.7. The van der Waals surface area contributed by atoms with Crippen LogP contribution in [0.1, 0.15) is 26.5 Å². The number of hydrogen-bond acceptors (Lipinski definition) is 6. The Kier molecular flexibility index (Phi) is 5.16. The van der Waals surface area contributed by atoms with Crippen molar-refractivity contribution in [2.45, 2.75) is 32.9 Å². The summed E-state index contributed by atoms with van der Waals surface area (Å²) in [5.41, 5.74) is 0.984. The average Bonchev–Trinajstić information content (AvgIpc) is 3.12. The van der Waals surface area contributed by atoms with E-state index < -0.39 is 17.8 Å². The molecule has 0 saturated carbocycles. The van der Waals surface area contributed by atoms with Gasteiger partial charge in [-0.15, -0.1) is 0 Å². The van der Waals surface area contributed by atoms with Gasteiger partial charge in [-0.3, -0.25) is 4.98 Å². The number of carbonyl (C=O) groups excluding carboxylic acids is 1. The minimum atomic E-state index is -1.18. The van der Waals surface area contributed by atoms with Crippen LogP contribution < -0.4 is 10.1 Å². The standard InChI is InChI=1S/C19H20N4O5/c1-19(2,3)28-18(26)27-16-9-12(11-20-17(24)25)22-15-6-5-13(10-14(15)16)23-8-4-7-21-23/h4-10,20H,11H2,1-3H3,(H,24,25). The van der Waals surface area contributed by atoms with E-state index in [2.05, 4.69) is 15.4 Å². The molecule has 2 N–H and O–H groups in total. The largest absolute Gasteiger partial charge is 0.514 e. The highest BCUT2D eigenvalue weighted by Crippen LogP contribution is 2.28. The smallest absolute Gasteiger partial charge is 0.465 e. The van der Waals surface area contributed by atoms with Gasteiger partial charge in [-0.2, -0.15) is 5.10 Å². The molecule has 0 bridgehead atoms. The summed E-state index contributed by atoms with van der Waals surface area (Å²) in [6.07, 6.45) is 1.40. The molecular weight excluding hydrogens is 364 g/mol. The Morgan fingerprint density at radius 1 is 1.25 bits per heavy atom. The summed E-state index contributed by atoms with van der Waals surface area (Å²) in [5, 5.41) is 15.8. The molecule has 0 saturated heterocycles. The van der Waals surface area contributed by atoms with Gasteiger partial charge in [0.05, 0.1) is 23.4 Å². The summed E-state index contributed by atoms with van der Waals surface area (Å²) in [6.45, 7) is 5.17. The molecule has 2 aromatic heterocycles. The van der Waals surface area contributed by atoms with E-state index in [0.717, 1.165) is 5.69 Å². The van der Waals surface area contributed by atoms with Gasteiger partial charge in [0.2, 0.25) is 0 Å². The van der Waals surface area contributed by atoms with Crippen molar-refractivity contribution < 1.29 is 24.2 Å². The lowest BCUT2D eigenvalue weighted by Gasteiger charge is -2.19. The Morgan fingerprint density at radius 2 is 2.04 bits per heavy atom. The fourth-order valence-corrected chi connectivity index (χ4v) is 2.50. The van der Waals surface area contributed by atoms with Gasteiger partial charge in [0.15, 0.2) is 0 Å². The monoisotopic (exact) mass is 384 g/mol. The van der Waals surface area contributed by atoms with Gasteiger partial charge in [-0.1, -0.05) is 0 Å². The van der Waals surface area contributed by atoms with Crippen molar-refractivity contribution >= 4 is 23.2 Å². The first-order valence-electron chi connectivity index (χ1n) is 8.52. The van der Waals surface area contributed by atoms with Crippen molar-refractivity contribution in [2.24, 2.45) is 0 Å². The van der Waals surface area contributed by atoms with Gasteiger partial charge in [0.25, 0.3) is 0 Å². The van der Waals surface area contributed by atoms with Gasteiger partial charge in [0.1, 0.15) is 11.4 Å². The fraction of sp³-hybridized carbons (Fsp3) is 0.263. The third-order valence-electron chi connectivity index (χ3n) is 3.58. The van der Waals surface area contributed by atoms with Crippen molar-refractivity contribution in [2.75, 3.05) is 0 Å². The van der Waals surface area contributed by atoms with Gasteiger partial charge in [0, 0.05) is 23.8 Å². The maximum atomic E-state index is 12.2. The number of benzene rings is 1. The number of aromatic nitrogens is 3. The maximum Gasteiger partial charge on any atom is 0.514 e. The number of fused-ring (bicyclic) bond motifs is 1. The van der Waals surface area contributed by atoms with Crippen molar-refractivity contribution in [1.82, 2.24) is 20.1 Å². The first-order chi connectivity index (χ1) is 13.2. The molecule has 0 aliphatic rings. The topological polar surface area (TPSA) is 116 Å². The predicted octanol–water partition coefficient (Wildman–Crippen LogP) is 3.50. The number of carbonyl (C=O) groups is 2. The van der Waals surface area contributed by atoms with E-state index >= 15 is 0 Å². The molecule has 1 aromatic carbocycles. The Bertz CT molecular complexity index is 1010. The molecule has 146 valence electrons. The third kappa shape index (κ3) is 4.76. The van der Waals surface area contributed by atoms with Crippen LogP contribution >= 0.6 is 0 Å². The molecule has 9 nitrogen and oxygen atoms in total. The van der Waals surface area contributed by atoms with Crippen LogP contribution in [0.4, 0.5) is 9.59 Å². The van der Waals surface area contributed by atoms with Gasteiger partial charge in [-0.25, -0.2) is 14.3 Å². The van der Waals surface area contributed by atoms with Crippen LogP contribution in [0.25, 0.3) is 16.6 Å². The predicted molar refractivity (Wildman–Crippen MR) is 101 cm³/mol. The van der Waals surface area contributed by atoms with E-state index in [9.17, 15) is 9.59 Å². The zero-order valence-electron chi connectivity index (χ0n) is 15.7. The highest BCUT2D eigenvalue weighted by molar-refractivity contribution is 5.89. The second-order valence-corrected chi connectivity index (χ2v) is 6.99. The fourth-order valence-electron chi connectivity index (χ4n) is 2.50. The molecule has 2 heterocycles. The van der Waals surface area contributed by atoms with E-state index in [1.807, 2.05) is 6.07 Å². The van der Waals surface area contributed by atoms with Crippen LogP contribution in [-0.4, -0.2) is 37.7 Å². The summed E-state index contributed by atoms with van der Waals surface area (Å²) in [5.74, 6) is 0.218. The van der Waals surface area contributed by atoms with E-state index in [1.165, 1.54) is 6.07 Å². The third-order valence-corrected chi connectivity index (χ3v) is 3.58. The lowest BCUT2D eigenvalue weighted by atomic mass is 10.1. The van der Waals surface area contributed by atoms with E-state index in [0.29, 0.717) is 16.6 Å². The number of rotatable bonds is 4. The second-order valence-electron chi connectivity index (χ2n) is 6.99. The highest BCUT2D eigenvalue weighted by Gasteiger charge is 2.20. The summed E-state index contributed by atoms with van der Waals surface area (Å²) >= 11 is 0. The number of pyridine rings is 1. The van der Waals surface area contributed by atoms with Crippen LogP contribution in [0.15, 0.2) is 42.7 Å². The number of ether oxygens (including phenoxy) is 2. The van der Waals surface area contributed by atoms with Crippen LogP contribution in [0, 0.1) is 0 Å². The summed E-state index contributed by atoms with van der Waals surface area (Å²) in [4.78, 5) is 27.4.